The van der Waals surface area contributed by atoms with Gasteiger partial charge in [0.15, 0.2) is 0 Å². The molecule has 0 fully saturated rings. The lowest BCUT2D eigenvalue weighted by atomic mass is 9.83. The summed E-state index contributed by atoms with van der Waals surface area (Å²) < 4.78 is 4.98. The van der Waals surface area contributed by atoms with E-state index in [1.54, 1.807) is 12.2 Å². The Morgan fingerprint density at radius 3 is 2.00 bits per heavy atom. The van der Waals surface area contributed by atoms with Gasteiger partial charge < -0.3 is 25.2 Å². The zero-order chi connectivity index (χ0) is 15.2. The quantitative estimate of drug-likeness (QED) is 0.355. The van der Waals surface area contributed by atoms with Crippen LogP contribution in [0.3, 0.4) is 0 Å². The SMILES string of the molecule is O=C(O)[C@H]1CC=CC[C@H]1C(=O)OCC(CO)(CO)CO. The number of carboxylic acid groups (broad SMARTS) is 1. The molecule has 0 saturated carbocycles. The molecule has 114 valence electrons. The molecule has 0 bridgehead atoms. The Hall–Kier alpha value is -1.44. The van der Waals surface area contributed by atoms with Crippen molar-refractivity contribution >= 4 is 11.9 Å². The summed E-state index contributed by atoms with van der Waals surface area (Å²) in [6.45, 7) is -1.98. The van der Waals surface area contributed by atoms with Crippen LogP contribution in [0.5, 0.6) is 0 Å². The minimum Gasteiger partial charge on any atom is -0.481 e. The van der Waals surface area contributed by atoms with Crippen LogP contribution in [0, 0.1) is 17.3 Å². The highest BCUT2D eigenvalue weighted by Crippen LogP contribution is 2.28. The van der Waals surface area contributed by atoms with Gasteiger partial charge >= 0.3 is 11.9 Å². The number of hydrogen-bond acceptors (Lipinski definition) is 6. The highest BCUT2D eigenvalue weighted by molar-refractivity contribution is 5.81. The van der Waals surface area contributed by atoms with Crippen molar-refractivity contribution in [2.24, 2.45) is 17.3 Å². The van der Waals surface area contributed by atoms with Crippen LogP contribution >= 0.6 is 0 Å². The Morgan fingerprint density at radius 2 is 1.55 bits per heavy atom. The fourth-order valence-electron chi connectivity index (χ4n) is 1.97. The van der Waals surface area contributed by atoms with E-state index in [1.807, 2.05) is 0 Å². The second-order valence-corrected chi connectivity index (χ2v) is 5.08. The van der Waals surface area contributed by atoms with E-state index in [0.29, 0.717) is 0 Å². The number of carboxylic acids is 1. The minimum absolute atomic E-state index is 0.264. The van der Waals surface area contributed by atoms with Gasteiger partial charge in [-0.25, -0.2) is 0 Å². The summed E-state index contributed by atoms with van der Waals surface area (Å²) in [6.07, 6.45) is 3.98. The zero-order valence-corrected chi connectivity index (χ0v) is 11.1. The molecule has 1 aliphatic rings. The zero-order valence-electron chi connectivity index (χ0n) is 11.1. The van der Waals surface area contributed by atoms with Crippen LogP contribution < -0.4 is 0 Å². The second-order valence-electron chi connectivity index (χ2n) is 5.08. The van der Waals surface area contributed by atoms with Crippen molar-refractivity contribution in [3.05, 3.63) is 12.2 Å². The number of esters is 1. The molecule has 0 heterocycles. The van der Waals surface area contributed by atoms with Gasteiger partial charge in [-0.15, -0.1) is 0 Å². The predicted octanol–water partition coefficient (Wildman–Crippen LogP) is -0.840. The lowest BCUT2D eigenvalue weighted by molar-refractivity contribution is -0.163. The third kappa shape index (κ3) is 3.78. The van der Waals surface area contributed by atoms with Gasteiger partial charge in [-0.1, -0.05) is 12.2 Å². The Morgan fingerprint density at radius 1 is 1.05 bits per heavy atom. The van der Waals surface area contributed by atoms with Crippen molar-refractivity contribution in [1.82, 2.24) is 0 Å². The van der Waals surface area contributed by atoms with Gasteiger partial charge in [0.05, 0.1) is 37.1 Å². The summed E-state index contributed by atoms with van der Waals surface area (Å²) in [5.74, 6) is -3.37. The maximum atomic E-state index is 11.9. The highest BCUT2D eigenvalue weighted by atomic mass is 16.5. The molecular formula is C13H20O7. The van der Waals surface area contributed by atoms with Gasteiger partial charge in [0.25, 0.3) is 0 Å². The van der Waals surface area contributed by atoms with Gasteiger partial charge in [0.2, 0.25) is 0 Å². The molecule has 2 atom stereocenters. The number of hydrogen-bond donors (Lipinski definition) is 4. The number of rotatable bonds is 7. The molecule has 0 aromatic rings. The van der Waals surface area contributed by atoms with Gasteiger partial charge in [-0.3, -0.25) is 9.59 Å². The standard InChI is InChI=1S/C13H20O7/c14-5-13(6-15,7-16)8-20-12(19)10-4-2-1-3-9(10)11(17)18/h1-2,9-10,14-16H,3-8H2,(H,17,18)/t9-,10+/m0/s1. The number of carbonyl (C=O) groups excluding carboxylic acids is 1. The first-order valence-corrected chi connectivity index (χ1v) is 6.36. The van der Waals surface area contributed by atoms with Crippen LogP contribution in [-0.4, -0.2) is 58.8 Å². The molecule has 1 rings (SSSR count). The molecule has 0 unspecified atom stereocenters. The van der Waals surface area contributed by atoms with Crippen molar-refractivity contribution in [1.29, 1.82) is 0 Å². The van der Waals surface area contributed by atoms with Crippen LogP contribution in [0.2, 0.25) is 0 Å². The first kappa shape index (κ1) is 16.6. The minimum atomic E-state index is -1.31. The fourth-order valence-corrected chi connectivity index (χ4v) is 1.97. The lowest BCUT2D eigenvalue weighted by Crippen LogP contribution is -2.41. The summed E-state index contributed by atoms with van der Waals surface area (Å²) in [5, 5.41) is 36.4. The Bertz CT molecular complexity index is 365. The average Bonchev–Trinajstić information content (AvgIpc) is 2.49. The summed E-state index contributed by atoms with van der Waals surface area (Å²) in [7, 11) is 0. The summed E-state index contributed by atoms with van der Waals surface area (Å²) >= 11 is 0. The molecule has 0 aromatic carbocycles. The summed E-state index contributed by atoms with van der Waals surface area (Å²) in [4.78, 5) is 23.0. The molecule has 1 aliphatic carbocycles. The van der Waals surface area contributed by atoms with E-state index in [9.17, 15) is 9.59 Å². The molecule has 0 radical (unpaired) electrons. The molecule has 20 heavy (non-hydrogen) atoms. The Kier molecular flexibility index (Phi) is 6.12. The van der Waals surface area contributed by atoms with E-state index in [4.69, 9.17) is 25.2 Å². The van der Waals surface area contributed by atoms with Crippen molar-refractivity contribution in [3.63, 3.8) is 0 Å². The van der Waals surface area contributed by atoms with Gasteiger partial charge in [-0.05, 0) is 12.8 Å². The largest absolute Gasteiger partial charge is 0.481 e. The normalized spacial score (nSPS) is 22.6. The van der Waals surface area contributed by atoms with Crippen molar-refractivity contribution in [2.45, 2.75) is 12.8 Å². The van der Waals surface area contributed by atoms with E-state index < -0.39 is 49.0 Å². The summed E-state index contributed by atoms with van der Waals surface area (Å²) in [5.41, 5.74) is -1.31. The maximum absolute atomic E-state index is 11.9. The molecular weight excluding hydrogens is 268 g/mol. The molecule has 4 N–H and O–H groups in total. The average molecular weight is 288 g/mol. The van der Waals surface area contributed by atoms with E-state index in [1.165, 1.54) is 0 Å². The smallest absolute Gasteiger partial charge is 0.310 e. The second kappa shape index (κ2) is 7.37. The number of aliphatic hydroxyl groups is 3. The molecule has 0 spiro atoms. The van der Waals surface area contributed by atoms with Crippen LogP contribution in [-0.2, 0) is 14.3 Å². The first-order chi connectivity index (χ1) is 9.49. The Balaban J connectivity index is 2.65. The molecule has 0 aromatic heterocycles. The molecule has 0 saturated heterocycles. The molecule has 0 aliphatic heterocycles. The summed E-state index contributed by atoms with van der Waals surface area (Å²) in [6, 6.07) is 0. The van der Waals surface area contributed by atoms with Crippen molar-refractivity contribution < 1.29 is 34.8 Å². The number of ether oxygens (including phenoxy) is 1. The van der Waals surface area contributed by atoms with Gasteiger partial charge in [-0.2, -0.15) is 0 Å². The van der Waals surface area contributed by atoms with E-state index in [0.717, 1.165) is 0 Å². The maximum Gasteiger partial charge on any atom is 0.310 e. The Labute approximate surface area is 116 Å². The highest BCUT2D eigenvalue weighted by Gasteiger charge is 2.37. The van der Waals surface area contributed by atoms with Crippen LogP contribution in [0.1, 0.15) is 12.8 Å². The molecule has 0 amide bonds. The number of carbonyl (C=O) groups is 2. The van der Waals surface area contributed by atoms with Crippen LogP contribution in [0.25, 0.3) is 0 Å². The van der Waals surface area contributed by atoms with E-state index in [-0.39, 0.29) is 19.4 Å². The number of allylic oxidation sites excluding steroid dienone is 2. The topological polar surface area (TPSA) is 124 Å². The third-order valence-corrected chi connectivity index (χ3v) is 3.58. The third-order valence-electron chi connectivity index (χ3n) is 3.58. The van der Waals surface area contributed by atoms with Crippen LogP contribution in [0.15, 0.2) is 12.2 Å². The molecule has 7 heteroatoms. The first-order valence-electron chi connectivity index (χ1n) is 6.36. The fraction of sp³-hybridized carbons (Fsp3) is 0.692. The van der Waals surface area contributed by atoms with Crippen molar-refractivity contribution in [3.8, 4) is 0 Å². The predicted molar refractivity (Wildman–Crippen MR) is 67.6 cm³/mol. The van der Waals surface area contributed by atoms with Gasteiger partial charge in [0.1, 0.15) is 6.61 Å². The van der Waals surface area contributed by atoms with Crippen molar-refractivity contribution in [2.75, 3.05) is 26.4 Å². The lowest BCUT2D eigenvalue weighted by Gasteiger charge is -2.29. The monoisotopic (exact) mass is 288 g/mol. The van der Waals surface area contributed by atoms with E-state index in [2.05, 4.69) is 0 Å². The van der Waals surface area contributed by atoms with Gasteiger partial charge in [0, 0.05) is 0 Å². The van der Waals surface area contributed by atoms with Crippen LogP contribution in [0.4, 0.5) is 0 Å². The number of aliphatic hydroxyl groups excluding tert-OH is 3. The van der Waals surface area contributed by atoms with E-state index >= 15 is 0 Å². The molecule has 7 nitrogen and oxygen atoms in total. The number of aliphatic carboxylic acids is 1.